The summed E-state index contributed by atoms with van der Waals surface area (Å²) in [4.78, 5) is 10.5. The number of hydrogen-bond acceptors (Lipinski definition) is 2. The zero-order valence-electron chi connectivity index (χ0n) is 7.99. The molecule has 0 aromatic heterocycles. The molecular weight excluding hydrogens is 180 g/mol. The molecule has 0 radical (unpaired) electrons. The average molecular weight is 192 g/mol. The van der Waals surface area contributed by atoms with E-state index in [4.69, 9.17) is 9.84 Å². The lowest BCUT2D eigenvalue weighted by molar-refractivity contribution is -0.138. The van der Waals surface area contributed by atoms with Crippen molar-refractivity contribution in [2.45, 2.75) is 25.9 Å². The van der Waals surface area contributed by atoms with Gasteiger partial charge >= 0.3 is 5.97 Å². The van der Waals surface area contributed by atoms with E-state index in [1.54, 1.807) is 0 Å². The first-order valence-electron chi connectivity index (χ1n) is 4.63. The predicted molar refractivity (Wildman–Crippen MR) is 51.6 cm³/mol. The number of fused-ring (bicyclic) bond motifs is 1. The maximum absolute atomic E-state index is 10.5. The second kappa shape index (κ2) is 3.33. The fourth-order valence-electron chi connectivity index (χ4n) is 1.72. The van der Waals surface area contributed by atoms with E-state index < -0.39 is 5.97 Å². The standard InChI is InChI=1S/C11H12O3/c1-7-2-3-8-5-9(6-11(12)13)14-10(8)4-7/h2-4,9H,5-6H2,1H3,(H,12,13). The molecule has 74 valence electrons. The molecule has 3 heteroatoms. The maximum atomic E-state index is 10.5. The van der Waals surface area contributed by atoms with Crippen molar-refractivity contribution in [3.63, 3.8) is 0 Å². The van der Waals surface area contributed by atoms with Gasteiger partial charge in [-0.05, 0) is 24.1 Å². The highest BCUT2D eigenvalue weighted by Crippen LogP contribution is 2.30. The molecule has 0 spiro atoms. The smallest absolute Gasteiger partial charge is 0.307 e. The zero-order chi connectivity index (χ0) is 10.1. The van der Waals surface area contributed by atoms with Gasteiger partial charge < -0.3 is 9.84 Å². The van der Waals surface area contributed by atoms with E-state index in [-0.39, 0.29) is 12.5 Å². The molecule has 1 aliphatic heterocycles. The highest BCUT2D eigenvalue weighted by Gasteiger charge is 2.24. The summed E-state index contributed by atoms with van der Waals surface area (Å²) in [5.41, 5.74) is 2.25. The largest absolute Gasteiger partial charge is 0.489 e. The number of carbonyl (C=O) groups is 1. The number of carboxylic acids is 1. The number of hydrogen-bond donors (Lipinski definition) is 1. The van der Waals surface area contributed by atoms with Crippen LogP contribution in [0.25, 0.3) is 0 Å². The summed E-state index contributed by atoms with van der Waals surface area (Å²) in [6, 6.07) is 5.98. The van der Waals surface area contributed by atoms with Gasteiger partial charge in [-0.1, -0.05) is 12.1 Å². The van der Waals surface area contributed by atoms with Crippen molar-refractivity contribution in [2.75, 3.05) is 0 Å². The minimum atomic E-state index is -0.806. The Morgan fingerprint density at radius 1 is 1.64 bits per heavy atom. The lowest BCUT2D eigenvalue weighted by Gasteiger charge is -2.06. The van der Waals surface area contributed by atoms with Crippen LogP contribution in [-0.2, 0) is 11.2 Å². The molecule has 1 aromatic rings. The van der Waals surface area contributed by atoms with Gasteiger partial charge in [-0.25, -0.2) is 0 Å². The van der Waals surface area contributed by atoms with E-state index >= 15 is 0 Å². The first kappa shape index (κ1) is 9.06. The lowest BCUT2D eigenvalue weighted by Crippen LogP contribution is -2.17. The van der Waals surface area contributed by atoms with Crippen LogP contribution in [-0.4, -0.2) is 17.2 Å². The molecule has 1 atom stereocenters. The molecule has 1 aromatic carbocycles. The summed E-state index contributed by atoms with van der Waals surface area (Å²) in [6.45, 7) is 1.99. The summed E-state index contributed by atoms with van der Waals surface area (Å²) in [6.07, 6.45) is 0.597. The Balaban J connectivity index is 2.14. The number of benzene rings is 1. The second-order valence-corrected chi connectivity index (χ2v) is 3.65. The average Bonchev–Trinajstić information content (AvgIpc) is 2.44. The van der Waals surface area contributed by atoms with Gasteiger partial charge in [0.05, 0.1) is 6.42 Å². The van der Waals surface area contributed by atoms with Crippen LogP contribution < -0.4 is 4.74 Å². The summed E-state index contributed by atoms with van der Waals surface area (Å²) in [5.74, 6) is 0.0378. The van der Waals surface area contributed by atoms with E-state index in [1.807, 2.05) is 25.1 Å². The number of aryl methyl sites for hydroxylation is 1. The normalized spacial score (nSPS) is 18.8. The predicted octanol–water partition coefficient (Wildman–Crippen LogP) is 1.77. The maximum Gasteiger partial charge on any atom is 0.307 e. The van der Waals surface area contributed by atoms with Crippen LogP contribution in [0, 0.1) is 6.92 Å². The molecule has 14 heavy (non-hydrogen) atoms. The fourth-order valence-corrected chi connectivity index (χ4v) is 1.72. The minimum absolute atomic E-state index is 0.0771. The molecular formula is C11H12O3. The molecule has 0 saturated heterocycles. The minimum Gasteiger partial charge on any atom is -0.489 e. The Kier molecular flexibility index (Phi) is 2.15. The molecule has 0 bridgehead atoms. The Labute approximate surface area is 82.3 Å². The topological polar surface area (TPSA) is 46.5 Å². The van der Waals surface area contributed by atoms with E-state index in [2.05, 4.69) is 0 Å². The van der Waals surface area contributed by atoms with Gasteiger partial charge in [0.2, 0.25) is 0 Å². The van der Waals surface area contributed by atoms with Gasteiger partial charge in [-0.2, -0.15) is 0 Å². The van der Waals surface area contributed by atoms with Crippen molar-refractivity contribution >= 4 is 5.97 Å². The third-order valence-electron chi connectivity index (χ3n) is 2.37. The van der Waals surface area contributed by atoms with Gasteiger partial charge in [0, 0.05) is 6.42 Å². The molecule has 0 saturated carbocycles. The first-order valence-corrected chi connectivity index (χ1v) is 4.63. The number of aliphatic carboxylic acids is 1. The quantitative estimate of drug-likeness (QED) is 0.776. The third kappa shape index (κ3) is 1.71. The van der Waals surface area contributed by atoms with E-state index in [1.165, 1.54) is 0 Å². The van der Waals surface area contributed by atoms with Crippen molar-refractivity contribution in [1.82, 2.24) is 0 Å². The van der Waals surface area contributed by atoms with Gasteiger partial charge in [-0.15, -0.1) is 0 Å². The number of ether oxygens (including phenoxy) is 1. The molecule has 1 unspecified atom stereocenters. The molecule has 1 aliphatic rings. The van der Waals surface area contributed by atoms with Crippen molar-refractivity contribution in [1.29, 1.82) is 0 Å². The third-order valence-corrected chi connectivity index (χ3v) is 2.37. The van der Waals surface area contributed by atoms with E-state index in [0.717, 1.165) is 16.9 Å². The molecule has 3 nitrogen and oxygen atoms in total. The van der Waals surface area contributed by atoms with Crippen LogP contribution >= 0.6 is 0 Å². The molecule has 0 amide bonds. The van der Waals surface area contributed by atoms with E-state index in [0.29, 0.717) is 6.42 Å². The van der Waals surface area contributed by atoms with Crippen LogP contribution in [0.3, 0.4) is 0 Å². The van der Waals surface area contributed by atoms with Crippen LogP contribution in [0.4, 0.5) is 0 Å². The molecule has 1 heterocycles. The van der Waals surface area contributed by atoms with Crippen LogP contribution in [0.15, 0.2) is 18.2 Å². The highest BCUT2D eigenvalue weighted by atomic mass is 16.5. The Hall–Kier alpha value is -1.51. The molecule has 0 fully saturated rings. The number of rotatable bonds is 2. The second-order valence-electron chi connectivity index (χ2n) is 3.65. The SMILES string of the molecule is Cc1ccc2c(c1)OC(CC(=O)O)C2. The molecule has 1 N–H and O–H groups in total. The summed E-state index contributed by atoms with van der Waals surface area (Å²) in [5, 5.41) is 8.63. The fraction of sp³-hybridized carbons (Fsp3) is 0.364. The van der Waals surface area contributed by atoms with Crippen LogP contribution in [0.2, 0.25) is 0 Å². The zero-order valence-corrected chi connectivity index (χ0v) is 7.99. The van der Waals surface area contributed by atoms with Gasteiger partial charge in [0.25, 0.3) is 0 Å². The summed E-state index contributed by atoms with van der Waals surface area (Å²) >= 11 is 0. The van der Waals surface area contributed by atoms with Crippen molar-refractivity contribution < 1.29 is 14.6 Å². The Morgan fingerprint density at radius 3 is 3.14 bits per heavy atom. The van der Waals surface area contributed by atoms with E-state index in [9.17, 15) is 4.79 Å². The molecule has 0 aliphatic carbocycles. The highest BCUT2D eigenvalue weighted by molar-refractivity contribution is 5.67. The monoisotopic (exact) mass is 192 g/mol. The van der Waals surface area contributed by atoms with Gasteiger partial charge in [-0.3, -0.25) is 4.79 Å². The van der Waals surface area contributed by atoms with Crippen LogP contribution in [0.5, 0.6) is 5.75 Å². The number of carboxylic acid groups (broad SMARTS) is 1. The van der Waals surface area contributed by atoms with Gasteiger partial charge in [0.15, 0.2) is 0 Å². The Morgan fingerprint density at radius 2 is 2.43 bits per heavy atom. The van der Waals surface area contributed by atoms with Crippen molar-refractivity contribution in [3.05, 3.63) is 29.3 Å². The van der Waals surface area contributed by atoms with Crippen molar-refractivity contribution in [2.24, 2.45) is 0 Å². The first-order chi connectivity index (χ1) is 6.65. The van der Waals surface area contributed by atoms with Crippen molar-refractivity contribution in [3.8, 4) is 5.75 Å². The Bertz CT molecular complexity index is 371. The lowest BCUT2D eigenvalue weighted by atomic mass is 10.1. The molecule has 2 rings (SSSR count). The summed E-state index contributed by atoms with van der Waals surface area (Å²) in [7, 11) is 0. The van der Waals surface area contributed by atoms with Gasteiger partial charge in [0.1, 0.15) is 11.9 Å². The van der Waals surface area contributed by atoms with Crippen LogP contribution in [0.1, 0.15) is 17.5 Å². The summed E-state index contributed by atoms with van der Waals surface area (Å²) < 4.78 is 5.52.